The standard InChI is InChI=1S/C13H23N3O2S/c14-10-12-4-8-15(9-5-12)11-13(19(17)18)16-6-2-1-3-7-16/h12-13H,1-9,11H2,(H,17,18). The van der Waals surface area contributed by atoms with E-state index in [-0.39, 0.29) is 11.3 Å². The number of hydrogen-bond donors (Lipinski definition) is 1. The highest BCUT2D eigenvalue weighted by molar-refractivity contribution is 7.79. The van der Waals surface area contributed by atoms with Crippen molar-refractivity contribution in [1.82, 2.24) is 9.80 Å². The molecule has 0 aromatic carbocycles. The van der Waals surface area contributed by atoms with Crippen molar-refractivity contribution in [2.75, 3.05) is 32.7 Å². The van der Waals surface area contributed by atoms with Gasteiger partial charge in [0.2, 0.25) is 0 Å². The quantitative estimate of drug-likeness (QED) is 0.788. The first-order valence-corrected chi connectivity index (χ1v) is 8.33. The molecule has 1 N–H and O–H groups in total. The topological polar surface area (TPSA) is 67.6 Å². The number of nitrogens with zero attached hydrogens (tertiary/aromatic N) is 3. The van der Waals surface area contributed by atoms with E-state index in [4.69, 9.17) is 5.26 Å². The first-order valence-electron chi connectivity index (χ1n) is 7.16. The van der Waals surface area contributed by atoms with Gasteiger partial charge in [0, 0.05) is 12.5 Å². The molecule has 2 atom stereocenters. The van der Waals surface area contributed by atoms with Crippen LogP contribution in [0.25, 0.3) is 0 Å². The van der Waals surface area contributed by atoms with Crippen LogP contribution in [0.15, 0.2) is 0 Å². The Kier molecular flexibility index (Phi) is 5.76. The van der Waals surface area contributed by atoms with E-state index in [9.17, 15) is 8.76 Å². The second kappa shape index (κ2) is 7.34. The molecule has 2 saturated heterocycles. The van der Waals surface area contributed by atoms with Crippen LogP contribution in [0.5, 0.6) is 0 Å². The molecular weight excluding hydrogens is 262 g/mol. The summed E-state index contributed by atoms with van der Waals surface area (Å²) in [5.41, 5.74) is 0. The van der Waals surface area contributed by atoms with Crippen molar-refractivity contribution >= 4 is 11.1 Å². The molecule has 0 aliphatic carbocycles. The summed E-state index contributed by atoms with van der Waals surface area (Å²) in [6.45, 7) is 4.28. The summed E-state index contributed by atoms with van der Waals surface area (Å²) in [6.07, 6.45) is 5.27. The minimum atomic E-state index is -1.79. The predicted octanol–water partition coefficient (Wildman–Crippen LogP) is 1.26. The van der Waals surface area contributed by atoms with E-state index in [2.05, 4.69) is 15.9 Å². The number of rotatable bonds is 4. The van der Waals surface area contributed by atoms with Crippen LogP contribution in [0.4, 0.5) is 0 Å². The number of piperidine rings is 2. The summed E-state index contributed by atoms with van der Waals surface area (Å²) in [6, 6.07) is 2.32. The molecule has 0 spiro atoms. The maximum absolute atomic E-state index is 11.6. The lowest BCUT2D eigenvalue weighted by Crippen LogP contribution is -2.49. The third-order valence-electron chi connectivity index (χ3n) is 4.22. The molecule has 0 radical (unpaired) electrons. The molecule has 0 saturated carbocycles. The van der Waals surface area contributed by atoms with E-state index in [1.807, 2.05) is 0 Å². The highest BCUT2D eigenvalue weighted by atomic mass is 32.2. The van der Waals surface area contributed by atoms with Gasteiger partial charge in [-0.25, -0.2) is 4.21 Å². The molecular formula is C13H23N3O2S. The first kappa shape index (κ1) is 14.9. The van der Waals surface area contributed by atoms with E-state index < -0.39 is 11.1 Å². The second-order valence-electron chi connectivity index (χ2n) is 5.53. The minimum absolute atomic E-state index is 0.171. The third kappa shape index (κ3) is 4.25. The summed E-state index contributed by atoms with van der Waals surface area (Å²) in [5, 5.41) is 8.62. The van der Waals surface area contributed by atoms with Gasteiger partial charge in [-0.15, -0.1) is 0 Å². The molecule has 19 heavy (non-hydrogen) atoms. The van der Waals surface area contributed by atoms with Crippen molar-refractivity contribution in [2.45, 2.75) is 37.5 Å². The Hall–Kier alpha value is -0.480. The lowest BCUT2D eigenvalue weighted by atomic mass is 9.99. The molecule has 0 aromatic rings. The third-order valence-corrected chi connectivity index (χ3v) is 5.13. The lowest BCUT2D eigenvalue weighted by molar-refractivity contribution is 0.136. The summed E-state index contributed by atoms with van der Waals surface area (Å²) in [5.74, 6) is 0.171. The van der Waals surface area contributed by atoms with Crippen LogP contribution in [0.3, 0.4) is 0 Å². The van der Waals surface area contributed by atoms with Gasteiger partial charge in [0.05, 0.1) is 6.07 Å². The number of hydrogen-bond acceptors (Lipinski definition) is 4. The summed E-state index contributed by atoms with van der Waals surface area (Å²) in [7, 11) is 0. The first-order chi connectivity index (χ1) is 9.20. The Labute approximate surface area is 117 Å². The average Bonchev–Trinajstić information content (AvgIpc) is 2.46. The Balaban J connectivity index is 1.87. The van der Waals surface area contributed by atoms with Crippen LogP contribution >= 0.6 is 0 Å². The van der Waals surface area contributed by atoms with Gasteiger partial charge in [0.1, 0.15) is 5.37 Å². The van der Waals surface area contributed by atoms with E-state index >= 15 is 0 Å². The van der Waals surface area contributed by atoms with Gasteiger partial charge in [0.25, 0.3) is 0 Å². The molecule has 2 aliphatic heterocycles. The van der Waals surface area contributed by atoms with Gasteiger partial charge < -0.3 is 9.45 Å². The van der Waals surface area contributed by atoms with Gasteiger partial charge in [-0.1, -0.05) is 6.42 Å². The van der Waals surface area contributed by atoms with E-state index in [1.54, 1.807) is 0 Å². The average molecular weight is 285 g/mol. The predicted molar refractivity (Wildman–Crippen MR) is 74.8 cm³/mol. The monoisotopic (exact) mass is 285 g/mol. The zero-order valence-electron chi connectivity index (χ0n) is 11.3. The maximum atomic E-state index is 11.6. The summed E-state index contributed by atoms with van der Waals surface area (Å²) in [4.78, 5) is 4.40. The molecule has 0 amide bonds. The van der Waals surface area contributed by atoms with Gasteiger partial charge in [-0.3, -0.25) is 4.90 Å². The van der Waals surface area contributed by atoms with Crippen molar-refractivity contribution in [3.8, 4) is 6.07 Å². The Morgan fingerprint density at radius 1 is 1.21 bits per heavy atom. The SMILES string of the molecule is N#CC1CCN(CC(N2CCCCC2)S(=O)O)CC1. The number of likely N-dealkylation sites (tertiary alicyclic amines) is 2. The lowest BCUT2D eigenvalue weighted by Gasteiger charge is -2.37. The van der Waals surface area contributed by atoms with Crippen molar-refractivity contribution in [1.29, 1.82) is 5.26 Å². The summed E-state index contributed by atoms with van der Waals surface area (Å²) >= 11 is -1.79. The molecule has 0 aromatic heterocycles. The fourth-order valence-electron chi connectivity index (χ4n) is 2.98. The molecule has 2 heterocycles. The van der Waals surface area contributed by atoms with Crippen LogP contribution < -0.4 is 0 Å². The van der Waals surface area contributed by atoms with Crippen LogP contribution in [-0.4, -0.2) is 56.7 Å². The Morgan fingerprint density at radius 2 is 1.84 bits per heavy atom. The second-order valence-corrected chi connectivity index (χ2v) is 6.63. The normalized spacial score (nSPS) is 26.7. The van der Waals surface area contributed by atoms with Crippen LogP contribution in [0, 0.1) is 17.2 Å². The highest BCUT2D eigenvalue weighted by Gasteiger charge is 2.29. The van der Waals surface area contributed by atoms with Crippen molar-refractivity contribution in [3.63, 3.8) is 0 Å². The molecule has 5 nitrogen and oxygen atoms in total. The van der Waals surface area contributed by atoms with Crippen LogP contribution in [0.2, 0.25) is 0 Å². The van der Waals surface area contributed by atoms with E-state index in [0.29, 0.717) is 6.54 Å². The molecule has 2 rings (SSSR count). The highest BCUT2D eigenvalue weighted by Crippen LogP contribution is 2.19. The van der Waals surface area contributed by atoms with Gasteiger partial charge in [0.15, 0.2) is 11.1 Å². The number of nitriles is 1. The Morgan fingerprint density at radius 3 is 2.37 bits per heavy atom. The van der Waals surface area contributed by atoms with Crippen molar-refractivity contribution in [3.05, 3.63) is 0 Å². The zero-order chi connectivity index (χ0) is 13.7. The van der Waals surface area contributed by atoms with Gasteiger partial charge in [-0.2, -0.15) is 5.26 Å². The molecule has 6 heteroatoms. The van der Waals surface area contributed by atoms with E-state index in [0.717, 1.165) is 51.9 Å². The van der Waals surface area contributed by atoms with Crippen LogP contribution in [0.1, 0.15) is 32.1 Å². The molecule has 2 fully saturated rings. The molecule has 2 aliphatic rings. The van der Waals surface area contributed by atoms with Crippen molar-refractivity contribution in [2.24, 2.45) is 5.92 Å². The fourth-order valence-corrected chi connectivity index (χ4v) is 3.78. The van der Waals surface area contributed by atoms with E-state index in [1.165, 1.54) is 6.42 Å². The van der Waals surface area contributed by atoms with Gasteiger partial charge >= 0.3 is 0 Å². The Bertz CT molecular complexity index is 344. The van der Waals surface area contributed by atoms with Crippen LogP contribution in [-0.2, 0) is 11.1 Å². The molecule has 108 valence electrons. The fraction of sp³-hybridized carbons (Fsp3) is 0.923. The summed E-state index contributed by atoms with van der Waals surface area (Å²) < 4.78 is 21.1. The van der Waals surface area contributed by atoms with Gasteiger partial charge in [-0.05, 0) is 51.9 Å². The zero-order valence-corrected chi connectivity index (χ0v) is 12.1. The maximum Gasteiger partial charge on any atom is 0.172 e. The smallest absolute Gasteiger partial charge is 0.172 e. The van der Waals surface area contributed by atoms with Crippen molar-refractivity contribution < 1.29 is 8.76 Å². The minimum Gasteiger partial charge on any atom is -0.305 e. The molecule has 0 bridgehead atoms. The largest absolute Gasteiger partial charge is 0.305 e. The molecule has 2 unspecified atom stereocenters.